The number of alkyl halides is 1. The highest BCUT2D eigenvalue weighted by atomic mass is 19.1. The fraction of sp³-hybridized carbons (Fsp3) is 0.143. The van der Waals surface area contributed by atoms with Crippen molar-refractivity contribution in [3.05, 3.63) is 60.1 Å². The highest BCUT2D eigenvalue weighted by Gasteiger charge is 2.16. The molecule has 98 valence electrons. The number of nitrogens with zero attached hydrogens (tertiary/aromatic N) is 1. The van der Waals surface area contributed by atoms with E-state index in [1.807, 2.05) is 42.6 Å². The van der Waals surface area contributed by atoms with Crippen molar-refractivity contribution in [2.45, 2.75) is 0 Å². The Labute approximate surface area is 110 Å². The lowest BCUT2D eigenvalue weighted by Gasteiger charge is -2.17. The monoisotopic (exact) mass is 260 g/mol. The number of hydrogen-bond acceptors (Lipinski definition) is 4. The molecule has 0 amide bonds. The maximum Gasteiger partial charge on any atom is 0.123 e. The standard InChI is InChI=1S/C14H13FN2O2/c15-6-8-18-14-3-1-11(2-4-14)12-5-7-17-13(9-12)10-16-19-17/h1-5,7,9-10,16H,6,8H2. The van der Waals surface area contributed by atoms with Crippen LogP contribution < -0.4 is 10.2 Å². The van der Waals surface area contributed by atoms with Gasteiger partial charge in [0, 0.05) is 6.20 Å². The van der Waals surface area contributed by atoms with Gasteiger partial charge < -0.3 is 4.74 Å². The summed E-state index contributed by atoms with van der Waals surface area (Å²) >= 11 is 0. The average molecular weight is 260 g/mol. The minimum Gasteiger partial charge on any atom is -0.491 e. The second-order valence-electron chi connectivity index (χ2n) is 4.08. The number of fused-ring (bicyclic) bond motifs is 1. The second-order valence-corrected chi connectivity index (χ2v) is 4.08. The number of ether oxygens (including phenoxy) is 1. The minimum absolute atomic E-state index is 0.0901. The second kappa shape index (κ2) is 5.16. The number of nitrogens with one attached hydrogen (secondary N) is 1. The van der Waals surface area contributed by atoms with E-state index in [0.29, 0.717) is 5.75 Å². The Morgan fingerprint density at radius 2 is 2.11 bits per heavy atom. The summed E-state index contributed by atoms with van der Waals surface area (Å²) in [5, 5.41) is 1.64. The van der Waals surface area contributed by atoms with E-state index < -0.39 is 6.67 Å². The molecule has 2 aliphatic heterocycles. The van der Waals surface area contributed by atoms with Crippen molar-refractivity contribution in [1.29, 1.82) is 0 Å². The van der Waals surface area contributed by atoms with Gasteiger partial charge in [-0.05, 0) is 35.4 Å². The summed E-state index contributed by atoms with van der Waals surface area (Å²) in [5.41, 5.74) is 5.76. The molecule has 0 unspecified atom stereocenters. The lowest BCUT2D eigenvalue weighted by Crippen LogP contribution is -2.15. The zero-order valence-electron chi connectivity index (χ0n) is 10.2. The van der Waals surface area contributed by atoms with E-state index in [1.165, 1.54) is 0 Å². The Balaban J connectivity index is 1.77. The molecule has 0 radical (unpaired) electrons. The third-order valence-electron chi connectivity index (χ3n) is 2.84. The number of hydroxylamine groups is 3. The molecule has 0 spiro atoms. The normalized spacial score (nSPS) is 16.6. The van der Waals surface area contributed by atoms with E-state index in [-0.39, 0.29) is 6.61 Å². The van der Waals surface area contributed by atoms with Crippen molar-refractivity contribution in [3.63, 3.8) is 0 Å². The molecule has 19 heavy (non-hydrogen) atoms. The van der Waals surface area contributed by atoms with Crippen molar-refractivity contribution in [3.8, 4) is 5.75 Å². The Bertz CT molecular complexity index is 549. The zero-order chi connectivity index (χ0) is 13.1. The van der Waals surface area contributed by atoms with Gasteiger partial charge in [-0.15, -0.1) is 0 Å². The lowest BCUT2D eigenvalue weighted by molar-refractivity contribution is -0.112. The van der Waals surface area contributed by atoms with Gasteiger partial charge in [0.25, 0.3) is 0 Å². The third-order valence-corrected chi connectivity index (χ3v) is 2.84. The van der Waals surface area contributed by atoms with Crippen molar-refractivity contribution >= 4 is 5.57 Å². The maximum atomic E-state index is 12.0. The fourth-order valence-electron chi connectivity index (χ4n) is 1.92. The number of allylic oxidation sites excluding steroid dienone is 3. The zero-order valence-corrected chi connectivity index (χ0v) is 10.2. The van der Waals surface area contributed by atoms with Crippen molar-refractivity contribution in [2.24, 2.45) is 0 Å². The quantitative estimate of drug-likeness (QED) is 0.902. The van der Waals surface area contributed by atoms with Crippen molar-refractivity contribution in [2.75, 3.05) is 13.3 Å². The first kappa shape index (κ1) is 11.8. The summed E-state index contributed by atoms with van der Waals surface area (Å²) in [4.78, 5) is 5.11. The van der Waals surface area contributed by atoms with Gasteiger partial charge in [0.2, 0.25) is 0 Å². The van der Waals surface area contributed by atoms with Gasteiger partial charge in [-0.1, -0.05) is 12.1 Å². The average Bonchev–Trinajstić information content (AvgIpc) is 2.93. The van der Waals surface area contributed by atoms with Crippen LogP contribution in [0, 0.1) is 0 Å². The van der Waals surface area contributed by atoms with Gasteiger partial charge >= 0.3 is 0 Å². The highest BCUT2D eigenvalue weighted by Crippen LogP contribution is 2.27. The van der Waals surface area contributed by atoms with Gasteiger partial charge in [0.15, 0.2) is 0 Å². The van der Waals surface area contributed by atoms with Crippen LogP contribution in [0.3, 0.4) is 0 Å². The SMILES string of the molecule is FCCOc1ccc(C2=CC3=CNON3C=C2)cc1. The van der Waals surface area contributed by atoms with Gasteiger partial charge in [0.05, 0.1) is 11.9 Å². The van der Waals surface area contributed by atoms with Crippen LogP contribution in [0.25, 0.3) is 5.57 Å². The third kappa shape index (κ3) is 2.46. The minimum atomic E-state index is -0.480. The van der Waals surface area contributed by atoms with Crippen LogP contribution in [-0.4, -0.2) is 18.3 Å². The van der Waals surface area contributed by atoms with Crippen LogP contribution in [0.2, 0.25) is 0 Å². The van der Waals surface area contributed by atoms with Crippen LogP contribution in [0.5, 0.6) is 5.75 Å². The van der Waals surface area contributed by atoms with Crippen LogP contribution >= 0.6 is 0 Å². The molecule has 0 bridgehead atoms. The summed E-state index contributed by atoms with van der Waals surface area (Å²) < 4.78 is 17.2. The molecule has 4 nitrogen and oxygen atoms in total. The van der Waals surface area contributed by atoms with E-state index in [0.717, 1.165) is 16.8 Å². The predicted octanol–water partition coefficient (Wildman–Crippen LogP) is 2.54. The summed E-state index contributed by atoms with van der Waals surface area (Å²) in [6.07, 6.45) is 7.59. The summed E-state index contributed by atoms with van der Waals surface area (Å²) in [5.74, 6) is 0.675. The largest absolute Gasteiger partial charge is 0.491 e. The number of halogens is 1. The first-order valence-corrected chi connectivity index (χ1v) is 5.98. The van der Waals surface area contributed by atoms with E-state index in [2.05, 4.69) is 5.48 Å². The Kier molecular flexibility index (Phi) is 3.20. The van der Waals surface area contributed by atoms with Gasteiger partial charge in [-0.2, -0.15) is 4.94 Å². The van der Waals surface area contributed by atoms with Gasteiger partial charge in [0.1, 0.15) is 19.0 Å². The molecule has 5 heteroatoms. The topological polar surface area (TPSA) is 33.7 Å². The number of rotatable bonds is 4. The lowest BCUT2D eigenvalue weighted by atomic mass is 10.0. The van der Waals surface area contributed by atoms with Crippen LogP contribution in [0.1, 0.15) is 5.56 Å². The summed E-state index contributed by atoms with van der Waals surface area (Å²) in [6, 6.07) is 7.57. The molecule has 0 aromatic heterocycles. The molecule has 1 N–H and O–H groups in total. The number of benzene rings is 1. The Morgan fingerprint density at radius 1 is 1.26 bits per heavy atom. The molecule has 0 saturated carbocycles. The van der Waals surface area contributed by atoms with Gasteiger partial charge in [-0.3, -0.25) is 0 Å². The molecule has 0 saturated heterocycles. The van der Waals surface area contributed by atoms with E-state index >= 15 is 0 Å². The first-order chi connectivity index (χ1) is 9.36. The Hall–Kier alpha value is -2.27. The van der Waals surface area contributed by atoms with Crippen LogP contribution in [0.4, 0.5) is 4.39 Å². The fourth-order valence-corrected chi connectivity index (χ4v) is 1.92. The summed E-state index contributed by atoms with van der Waals surface area (Å²) in [6.45, 7) is -0.389. The van der Waals surface area contributed by atoms with Crippen LogP contribution in [-0.2, 0) is 4.94 Å². The van der Waals surface area contributed by atoms with E-state index in [4.69, 9.17) is 9.68 Å². The smallest absolute Gasteiger partial charge is 0.123 e. The van der Waals surface area contributed by atoms with Gasteiger partial charge in [-0.25, -0.2) is 14.9 Å². The highest BCUT2D eigenvalue weighted by molar-refractivity contribution is 5.77. The van der Waals surface area contributed by atoms with Crippen LogP contribution in [0.15, 0.2) is 54.5 Å². The molecule has 1 aromatic rings. The number of hydrogen-bond donors (Lipinski definition) is 1. The molecule has 3 rings (SSSR count). The first-order valence-electron chi connectivity index (χ1n) is 5.98. The van der Waals surface area contributed by atoms with E-state index in [9.17, 15) is 4.39 Å². The summed E-state index contributed by atoms with van der Waals surface area (Å²) in [7, 11) is 0. The molecular formula is C14H13FN2O2. The van der Waals surface area contributed by atoms with Crippen molar-refractivity contribution in [1.82, 2.24) is 10.5 Å². The Morgan fingerprint density at radius 3 is 2.89 bits per heavy atom. The molecule has 2 aliphatic rings. The molecule has 0 atom stereocenters. The molecule has 0 fully saturated rings. The maximum absolute atomic E-state index is 12.0. The molecule has 0 aliphatic carbocycles. The van der Waals surface area contributed by atoms with Crippen molar-refractivity contribution < 1.29 is 14.1 Å². The molecular weight excluding hydrogens is 247 g/mol. The molecule has 2 heterocycles. The van der Waals surface area contributed by atoms with E-state index in [1.54, 1.807) is 11.3 Å². The predicted molar refractivity (Wildman–Crippen MR) is 69.2 cm³/mol. The molecule has 1 aromatic carbocycles.